The van der Waals surface area contributed by atoms with Gasteiger partial charge in [-0.25, -0.2) is 31.5 Å². The summed E-state index contributed by atoms with van der Waals surface area (Å²) in [6.45, 7) is 2.68. The van der Waals surface area contributed by atoms with E-state index in [-0.39, 0.29) is 19.0 Å². The molecule has 0 spiro atoms. The normalized spacial score (nSPS) is 11.9. The van der Waals surface area contributed by atoms with Crippen LogP contribution in [0.15, 0.2) is 35.2 Å². The van der Waals surface area contributed by atoms with Crippen LogP contribution in [-0.4, -0.2) is 29.9 Å². The molecule has 0 heterocycles. The minimum absolute atomic E-state index is 0.106. The summed E-state index contributed by atoms with van der Waals surface area (Å²) in [6.07, 6.45) is -0.109. The Balaban J connectivity index is 2.38. The van der Waals surface area contributed by atoms with E-state index in [0.717, 1.165) is 4.31 Å². The first kappa shape index (κ1) is 22.8. The molecule has 2 rings (SSSR count). The summed E-state index contributed by atoms with van der Waals surface area (Å²) < 4.78 is 80.7. The molecule has 2 aromatic rings. The third-order valence-corrected chi connectivity index (χ3v) is 6.10. The predicted molar refractivity (Wildman–Crippen MR) is 94.2 cm³/mol. The van der Waals surface area contributed by atoms with Crippen LogP contribution >= 0.6 is 0 Å². The third-order valence-electron chi connectivity index (χ3n) is 4.08. The Morgan fingerprint density at radius 2 is 1.59 bits per heavy atom. The van der Waals surface area contributed by atoms with Gasteiger partial charge in [-0.1, -0.05) is 24.3 Å². The van der Waals surface area contributed by atoms with Crippen molar-refractivity contribution in [3.8, 4) is 0 Å². The summed E-state index contributed by atoms with van der Waals surface area (Å²) in [5.74, 6) is -8.77. The zero-order valence-corrected chi connectivity index (χ0v) is 16.2. The zero-order valence-electron chi connectivity index (χ0n) is 15.4. The Kier molecular flexibility index (Phi) is 6.98. The number of hydroxylamine groups is 1. The molecule has 29 heavy (non-hydrogen) atoms. The van der Waals surface area contributed by atoms with Crippen molar-refractivity contribution in [1.82, 2.24) is 9.79 Å². The van der Waals surface area contributed by atoms with E-state index in [0.29, 0.717) is 11.1 Å². The van der Waals surface area contributed by atoms with Gasteiger partial charge in [-0.3, -0.25) is 10.0 Å². The van der Waals surface area contributed by atoms with Crippen LogP contribution < -0.4 is 5.48 Å². The second-order valence-corrected chi connectivity index (χ2v) is 8.33. The lowest BCUT2D eigenvalue weighted by Gasteiger charge is -2.26. The predicted octanol–water partition coefficient (Wildman–Crippen LogP) is 2.89. The maximum absolute atomic E-state index is 14.1. The lowest BCUT2D eigenvalue weighted by Crippen LogP contribution is -2.37. The molecule has 0 aliphatic rings. The highest BCUT2D eigenvalue weighted by atomic mass is 32.2. The lowest BCUT2D eigenvalue weighted by atomic mass is 10.1. The number of hydrogen-bond acceptors (Lipinski definition) is 4. The van der Waals surface area contributed by atoms with Crippen molar-refractivity contribution < 1.29 is 36.0 Å². The molecule has 0 aromatic heterocycles. The first-order valence-corrected chi connectivity index (χ1v) is 9.78. The number of halogens is 4. The molecular weight excluding hydrogens is 416 g/mol. The number of hydrogen-bond donors (Lipinski definition) is 2. The van der Waals surface area contributed by atoms with Crippen LogP contribution in [0.3, 0.4) is 0 Å². The summed E-state index contributed by atoms with van der Waals surface area (Å²) in [7, 11) is -4.71. The molecule has 0 radical (unpaired) electrons. The average molecular weight is 434 g/mol. The van der Waals surface area contributed by atoms with Crippen molar-refractivity contribution in [3.05, 3.63) is 64.7 Å². The van der Waals surface area contributed by atoms with Crippen LogP contribution in [0.2, 0.25) is 0 Å². The van der Waals surface area contributed by atoms with Crippen molar-refractivity contribution in [1.29, 1.82) is 0 Å². The van der Waals surface area contributed by atoms with E-state index in [1.54, 1.807) is 0 Å². The standard InChI is InChI=1S/C18H18F4N2O4S/c1-10(2)24(9-12-5-3-11(4-6-12)7-15(25)23-26)29(27,28)14-8-13(19)16(20)18(22)17(14)21/h3-6,8,10,26H,7,9H2,1-2H3,(H,23,25). The van der Waals surface area contributed by atoms with Gasteiger partial charge in [-0.05, 0) is 25.0 Å². The van der Waals surface area contributed by atoms with Gasteiger partial charge in [-0.2, -0.15) is 4.31 Å². The summed E-state index contributed by atoms with van der Waals surface area (Å²) >= 11 is 0. The van der Waals surface area contributed by atoms with Crippen LogP contribution in [-0.2, 0) is 27.8 Å². The molecule has 0 atom stereocenters. The Morgan fingerprint density at radius 1 is 1.03 bits per heavy atom. The van der Waals surface area contributed by atoms with Crippen molar-refractivity contribution in [3.63, 3.8) is 0 Å². The molecule has 0 aliphatic heterocycles. The Labute approximate surface area is 164 Å². The molecule has 0 aliphatic carbocycles. The maximum atomic E-state index is 14.1. The van der Waals surface area contributed by atoms with Gasteiger partial charge < -0.3 is 0 Å². The smallest absolute Gasteiger partial charge is 0.247 e. The van der Waals surface area contributed by atoms with Crippen LogP contribution in [0.5, 0.6) is 0 Å². The van der Waals surface area contributed by atoms with E-state index >= 15 is 0 Å². The highest BCUT2D eigenvalue weighted by molar-refractivity contribution is 7.89. The van der Waals surface area contributed by atoms with Crippen molar-refractivity contribution in [2.75, 3.05) is 0 Å². The van der Waals surface area contributed by atoms with Gasteiger partial charge >= 0.3 is 0 Å². The number of nitrogens with zero attached hydrogens (tertiary/aromatic N) is 1. The quantitative estimate of drug-likeness (QED) is 0.231. The molecule has 2 N–H and O–H groups in total. The molecule has 0 fully saturated rings. The van der Waals surface area contributed by atoms with Crippen molar-refractivity contribution in [2.24, 2.45) is 0 Å². The van der Waals surface area contributed by atoms with Crippen LogP contribution in [0.4, 0.5) is 17.6 Å². The maximum Gasteiger partial charge on any atom is 0.247 e. The lowest BCUT2D eigenvalue weighted by molar-refractivity contribution is -0.128. The van der Waals surface area contributed by atoms with E-state index in [9.17, 15) is 30.8 Å². The fraction of sp³-hybridized carbons (Fsp3) is 0.278. The molecule has 0 unspecified atom stereocenters. The van der Waals surface area contributed by atoms with Gasteiger partial charge in [0.1, 0.15) is 4.90 Å². The number of benzene rings is 2. The van der Waals surface area contributed by atoms with Gasteiger partial charge in [0, 0.05) is 18.7 Å². The topological polar surface area (TPSA) is 86.7 Å². The van der Waals surface area contributed by atoms with E-state index in [1.807, 2.05) is 0 Å². The number of amides is 1. The minimum atomic E-state index is -4.71. The van der Waals surface area contributed by atoms with Gasteiger partial charge in [0.2, 0.25) is 15.9 Å². The van der Waals surface area contributed by atoms with E-state index in [1.165, 1.54) is 43.6 Å². The van der Waals surface area contributed by atoms with E-state index < -0.39 is 50.1 Å². The monoisotopic (exact) mass is 434 g/mol. The van der Waals surface area contributed by atoms with Gasteiger partial charge in [0.15, 0.2) is 23.3 Å². The molecule has 0 bridgehead atoms. The van der Waals surface area contributed by atoms with Crippen molar-refractivity contribution >= 4 is 15.9 Å². The van der Waals surface area contributed by atoms with Gasteiger partial charge in [0.05, 0.1) is 6.42 Å². The third kappa shape index (κ3) is 4.92. The number of nitrogens with one attached hydrogen (secondary N) is 1. The summed E-state index contributed by atoms with van der Waals surface area (Å²) in [5.41, 5.74) is 2.46. The Bertz CT molecular complexity index is 1010. The van der Waals surface area contributed by atoms with Gasteiger partial charge in [0.25, 0.3) is 0 Å². The zero-order chi connectivity index (χ0) is 21.9. The fourth-order valence-electron chi connectivity index (χ4n) is 2.58. The summed E-state index contributed by atoms with van der Waals surface area (Å²) in [4.78, 5) is 9.85. The molecule has 158 valence electrons. The van der Waals surface area contributed by atoms with Crippen LogP contribution in [0.1, 0.15) is 25.0 Å². The molecule has 6 nitrogen and oxygen atoms in total. The van der Waals surface area contributed by atoms with Crippen LogP contribution in [0.25, 0.3) is 0 Å². The number of carbonyl (C=O) groups is 1. The molecule has 2 aromatic carbocycles. The highest BCUT2D eigenvalue weighted by Gasteiger charge is 2.33. The average Bonchev–Trinajstić information content (AvgIpc) is 2.67. The van der Waals surface area contributed by atoms with E-state index in [4.69, 9.17) is 5.21 Å². The summed E-state index contributed by atoms with van der Waals surface area (Å²) in [5, 5.41) is 8.53. The molecule has 11 heteroatoms. The molecule has 0 saturated heterocycles. The summed E-state index contributed by atoms with van der Waals surface area (Å²) in [6, 6.07) is 5.44. The molecule has 0 saturated carbocycles. The van der Waals surface area contributed by atoms with Gasteiger partial charge in [-0.15, -0.1) is 0 Å². The molecular formula is C18H18F4N2O4S. The largest absolute Gasteiger partial charge is 0.289 e. The highest BCUT2D eigenvalue weighted by Crippen LogP contribution is 2.27. The Morgan fingerprint density at radius 3 is 2.10 bits per heavy atom. The molecule has 1 amide bonds. The number of carbonyl (C=O) groups excluding carboxylic acids is 1. The minimum Gasteiger partial charge on any atom is -0.289 e. The second-order valence-electron chi connectivity index (χ2n) is 6.47. The second kappa shape index (κ2) is 8.89. The SMILES string of the molecule is CC(C)N(Cc1ccc(CC(=O)NO)cc1)S(=O)(=O)c1cc(F)c(F)c(F)c1F. The van der Waals surface area contributed by atoms with Crippen molar-refractivity contribution in [2.45, 2.75) is 37.8 Å². The fourth-order valence-corrected chi connectivity index (χ4v) is 4.27. The number of sulfonamides is 1. The Hall–Kier alpha value is -2.50. The number of rotatable bonds is 7. The van der Waals surface area contributed by atoms with E-state index in [2.05, 4.69) is 0 Å². The van der Waals surface area contributed by atoms with Crippen LogP contribution in [0, 0.1) is 23.3 Å². The first-order valence-electron chi connectivity index (χ1n) is 8.34. The first-order chi connectivity index (χ1) is 13.5.